The number of carboxylic acid groups (broad SMARTS) is 1. The van der Waals surface area contributed by atoms with Crippen molar-refractivity contribution < 1.29 is 32.6 Å². The lowest BCUT2D eigenvalue weighted by Gasteiger charge is -2.39. The molecular formula is C25H26F3N3O6. The fraction of sp³-hybridized carbons (Fsp3) is 0.520. The van der Waals surface area contributed by atoms with Crippen molar-refractivity contribution in [3.05, 3.63) is 67.5 Å². The maximum Gasteiger partial charge on any atom is 0.416 e. The monoisotopic (exact) mass is 521 g/mol. The van der Waals surface area contributed by atoms with Gasteiger partial charge in [-0.1, -0.05) is 12.1 Å². The first-order valence-corrected chi connectivity index (χ1v) is 12.2. The summed E-state index contributed by atoms with van der Waals surface area (Å²) in [6, 6.07) is 2.23. The molecule has 2 aliphatic carbocycles. The number of carbonyl (C=O) groups excluding carboxylic acids is 1. The maximum absolute atomic E-state index is 13.6. The Morgan fingerprint density at radius 3 is 2.38 bits per heavy atom. The zero-order valence-corrected chi connectivity index (χ0v) is 19.9. The van der Waals surface area contributed by atoms with Gasteiger partial charge in [0.25, 0.3) is 5.56 Å². The molecule has 1 N–H and O–H groups in total. The largest absolute Gasteiger partial charge is 0.477 e. The molecule has 1 aromatic carbocycles. The Labute approximate surface area is 209 Å². The Morgan fingerprint density at radius 1 is 1.03 bits per heavy atom. The van der Waals surface area contributed by atoms with E-state index in [1.54, 1.807) is 4.90 Å². The summed E-state index contributed by atoms with van der Waals surface area (Å²) in [6.07, 6.45) is -1.32. The van der Waals surface area contributed by atoms with Gasteiger partial charge in [0.15, 0.2) is 0 Å². The number of morpholine rings is 1. The highest BCUT2D eigenvalue weighted by Gasteiger charge is 2.39. The number of hydrogen-bond donors (Lipinski definition) is 1. The number of fused-ring (bicyclic) bond motifs is 1. The van der Waals surface area contributed by atoms with E-state index in [0.717, 1.165) is 16.8 Å². The van der Waals surface area contributed by atoms with E-state index in [1.807, 2.05) is 0 Å². The minimum atomic E-state index is -4.59. The van der Waals surface area contributed by atoms with Crippen molar-refractivity contribution in [2.45, 2.75) is 62.8 Å². The Morgan fingerprint density at radius 2 is 1.73 bits per heavy atom. The average Bonchev–Trinajstić information content (AvgIpc) is 3.28. The van der Waals surface area contributed by atoms with Gasteiger partial charge in [-0.15, -0.1) is 0 Å². The van der Waals surface area contributed by atoms with Crippen LogP contribution >= 0.6 is 0 Å². The summed E-state index contributed by atoms with van der Waals surface area (Å²) in [5, 5.41) is 9.70. The number of benzene rings is 1. The van der Waals surface area contributed by atoms with Gasteiger partial charge in [-0.05, 0) is 55.7 Å². The molecule has 198 valence electrons. The van der Waals surface area contributed by atoms with E-state index in [4.69, 9.17) is 4.74 Å². The molecule has 0 spiro atoms. The van der Waals surface area contributed by atoms with Gasteiger partial charge in [-0.2, -0.15) is 13.2 Å². The smallest absolute Gasteiger partial charge is 0.416 e. The van der Waals surface area contributed by atoms with E-state index < -0.39 is 46.6 Å². The van der Waals surface area contributed by atoms with Crippen LogP contribution in [0.15, 0.2) is 34.0 Å². The number of hydrogen-bond acceptors (Lipinski definition) is 5. The second-order valence-electron chi connectivity index (χ2n) is 9.74. The summed E-state index contributed by atoms with van der Waals surface area (Å²) >= 11 is 0. The van der Waals surface area contributed by atoms with Crippen LogP contribution < -0.4 is 11.2 Å². The molecule has 37 heavy (non-hydrogen) atoms. The van der Waals surface area contributed by atoms with Gasteiger partial charge < -0.3 is 14.7 Å². The molecule has 1 aromatic heterocycles. The Hall–Kier alpha value is -3.41. The average molecular weight is 521 g/mol. The summed E-state index contributed by atoms with van der Waals surface area (Å²) in [5.41, 5.74) is -2.96. The molecule has 0 radical (unpaired) electrons. The second kappa shape index (κ2) is 9.47. The Bertz CT molecular complexity index is 1360. The fourth-order valence-electron chi connectivity index (χ4n) is 6.00. The van der Waals surface area contributed by atoms with Crippen LogP contribution in [-0.2, 0) is 22.1 Å². The molecule has 1 saturated heterocycles. The minimum absolute atomic E-state index is 0.0115. The van der Waals surface area contributed by atoms with Crippen molar-refractivity contribution in [2.24, 2.45) is 0 Å². The van der Waals surface area contributed by atoms with E-state index in [1.165, 1.54) is 16.7 Å². The molecular weight excluding hydrogens is 495 g/mol. The topological polar surface area (TPSA) is 111 Å². The lowest BCUT2D eigenvalue weighted by Crippen LogP contribution is -2.50. The number of carboxylic acids is 1. The van der Waals surface area contributed by atoms with Crippen molar-refractivity contribution in [1.29, 1.82) is 0 Å². The predicted molar refractivity (Wildman–Crippen MR) is 124 cm³/mol. The zero-order chi connectivity index (χ0) is 26.5. The summed E-state index contributed by atoms with van der Waals surface area (Å²) < 4.78 is 47.9. The van der Waals surface area contributed by atoms with Crippen LogP contribution in [0.5, 0.6) is 0 Å². The summed E-state index contributed by atoms with van der Waals surface area (Å²) in [5.74, 6) is -1.60. The van der Waals surface area contributed by atoms with Gasteiger partial charge in [0.2, 0.25) is 5.91 Å². The van der Waals surface area contributed by atoms with Crippen LogP contribution in [0.4, 0.5) is 13.2 Å². The molecule has 12 heteroatoms. The maximum atomic E-state index is 13.6. The Balaban J connectivity index is 1.51. The number of halogens is 3. The van der Waals surface area contributed by atoms with Crippen LogP contribution in [0.1, 0.15) is 71.2 Å². The number of nitrogens with zero attached hydrogens (tertiary/aromatic N) is 3. The highest BCUT2D eigenvalue weighted by molar-refractivity contribution is 5.86. The van der Waals surface area contributed by atoms with E-state index in [9.17, 15) is 37.5 Å². The quantitative estimate of drug-likeness (QED) is 0.663. The number of alkyl halides is 3. The van der Waals surface area contributed by atoms with Crippen molar-refractivity contribution in [1.82, 2.24) is 14.0 Å². The third-order valence-electron chi connectivity index (χ3n) is 7.75. The molecule has 9 nitrogen and oxygen atoms in total. The predicted octanol–water partition coefficient (Wildman–Crippen LogP) is 2.61. The summed E-state index contributed by atoms with van der Waals surface area (Å²) in [6.45, 7) is 0.978. The van der Waals surface area contributed by atoms with E-state index in [0.29, 0.717) is 38.8 Å². The third kappa shape index (κ3) is 4.47. The summed E-state index contributed by atoms with van der Waals surface area (Å²) in [4.78, 5) is 52.6. The molecule has 2 fully saturated rings. The highest BCUT2D eigenvalue weighted by atomic mass is 19.4. The van der Waals surface area contributed by atoms with E-state index in [2.05, 4.69) is 0 Å². The first-order valence-electron chi connectivity index (χ1n) is 12.2. The molecule has 2 heterocycles. The number of rotatable bonds is 4. The number of aromatic carboxylic acids is 1. The standard InChI is InChI=1S/C25H26F3N3O6/c26-25(27,28)19-3-1-2-17-16(19)8-9-20(17)31-22(33)18(23(34)35)12-30(24(31)36)15-6-4-14(5-7-15)29-10-11-37-13-21(29)32/h1-3,12,14-15,20H,4-11,13H2,(H,34,35)/t14?,15?,20-/m0/s1. The molecule has 1 saturated carbocycles. The van der Waals surface area contributed by atoms with Crippen LogP contribution in [-0.4, -0.2) is 56.8 Å². The van der Waals surface area contributed by atoms with E-state index >= 15 is 0 Å². The fourth-order valence-corrected chi connectivity index (χ4v) is 6.00. The molecule has 2 aromatic rings. The van der Waals surface area contributed by atoms with Crippen molar-refractivity contribution >= 4 is 11.9 Å². The third-order valence-corrected chi connectivity index (χ3v) is 7.75. The zero-order valence-electron chi connectivity index (χ0n) is 19.9. The molecule has 1 atom stereocenters. The SMILES string of the molecule is O=C(O)c1cn(C2CCC(N3CCOCC3=O)CC2)c(=O)n([C@H]2CCc3c2cccc3C(F)(F)F)c1=O. The van der Waals surface area contributed by atoms with Gasteiger partial charge >= 0.3 is 17.8 Å². The number of carbonyl (C=O) groups is 2. The van der Waals surface area contributed by atoms with Crippen LogP contribution in [0, 0.1) is 0 Å². The minimum Gasteiger partial charge on any atom is -0.477 e. The molecule has 1 aliphatic heterocycles. The van der Waals surface area contributed by atoms with Crippen LogP contribution in [0.25, 0.3) is 0 Å². The molecule has 3 aliphatic rings. The summed E-state index contributed by atoms with van der Waals surface area (Å²) in [7, 11) is 0. The number of amides is 1. The second-order valence-corrected chi connectivity index (χ2v) is 9.74. The van der Waals surface area contributed by atoms with Gasteiger partial charge in [0.05, 0.1) is 18.2 Å². The van der Waals surface area contributed by atoms with Gasteiger partial charge in [-0.3, -0.25) is 18.7 Å². The normalized spacial score (nSPS) is 24.2. The lowest BCUT2D eigenvalue weighted by atomic mass is 9.89. The highest BCUT2D eigenvalue weighted by Crippen LogP contribution is 2.41. The van der Waals surface area contributed by atoms with Crippen molar-refractivity contribution in [3.8, 4) is 0 Å². The molecule has 1 amide bonds. The number of aromatic nitrogens is 2. The van der Waals surface area contributed by atoms with Gasteiger partial charge in [-0.25, -0.2) is 9.59 Å². The first kappa shape index (κ1) is 25.2. The lowest BCUT2D eigenvalue weighted by molar-refractivity contribution is -0.146. The van der Waals surface area contributed by atoms with Gasteiger partial charge in [0.1, 0.15) is 12.2 Å². The molecule has 0 unspecified atom stereocenters. The van der Waals surface area contributed by atoms with Crippen molar-refractivity contribution in [3.63, 3.8) is 0 Å². The molecule has 5 rings (SSSR count). The van der Waals surface area contributed by atoms with E-state index in [-0.39, 0.29) is 42.5 Å². The van der Waals surface area contributed by atoms with Crippen LogP contribution in [0.3, 0.4) is 0 Å². The van der Waals surface area contributed by atoms with Gasteiger partial charge in [0, 0.05) is 24.8 Å². The van der Waals surface area contributed by atoms with Crippen LogP contribution in [0.2, 0.25) is 0 Å². The van der Waals surface area contributed by atoms with Crippen molar-refractivity contribution in [2.75, 3.05) is 19.8 Å². The Kier molecular flexibility index (Phi) is 6.47. The molecule has 0 bridgehead atoms. The first-order chi connectivity index (χ1) is 17.6. The number of ether oxygens (including phenoxy) is 1.